The molecule has 12 heteroatoms. The number of rotatable bonds is 10. The molecule has 0 aromatic heterocycles. The Hall–Kier alpha value is -3.38. The summed E-state index contributed by atoms with van der Waals surface area (Å²) < 4.78 is 52.6. The molecule has 0 aliphatic rings. The number of urea groups is 2. The van der Waals surface area contributed by atoms with Crippen LogP contribution in [0.25, 0.3) is 0 Å². The Kier molecular flexibility index (Phi) is 9.63. The zero-order valence-corrected chi connectivity index (χ0v) is 20.5. The van der Waals surface area contributed by atoms with Crippen LogP contribution in [0.2, 0.25) is 0 Å². The quantitative estimate of drug-likeness (QED) is 0.286. The molecular formula is C22H28N4O6S2. The van der Waals surface area contributed by atoms with E-state index in [4.69, 9.17) is 0 Å². The van der Waals surface area contributed by atoms with Gasteiger partial charge in [-0.25, -0.2) is 35.9 Å². The maximum absolute atomic E-state index is 12.2. The molecule has 0 saturated heterocycles. The minimum Gasteiger partial charge on any atom is -0.337 e. The van der Waals surface area contributed by atoms with E-state index in [0.29, 0.717) is 12.8 Å². The van der Waals surface area contributed by atoms with E-state index in [2.05, 4.69) is 10.6 Å². The summed E-state index contributed by atoms with van der Waals surface area (Å²) in [5, 5.41) is 4.90. The molecular weight excluding hydrogens is 480 g/mol. The van der Waals surface area contributed by atoms with Crippen LogP contribution in [0.3, 0.4) is 0 Å². The van der Waals surface area contributed by atoms with E-state index >= 15 is 0 Å². The summed E-state index contributed by atoms with van der Waals surface area (Å²) in [5.41, 5.74) is 1.52. The molecule has 0 unspecified atom stereocenters. The Morgan fingerprint density at radius 3 is 1.44 bits per heavy atom. The molecule has 0 radical (unpaired) electrons. The molecule has 4 amide bonds. The van der Waals surface area contributed by atoms with Crippen LogP contribution < -0.4 is 20.1 Å². The van der Waals surface area contributed by atoms with Crippen molar-refractivity contribution in [3.8, 4) is 0 Å². The lowest BCUT2D eigenvalue weighted by Gasteiger charge is -2.09. The van der Waals surface area contributed by atoms with Crippen molar-refractivity contribution in [3.63, 3.8) is 0 Å². The average Bonchev–Trinajstić information content (AvgIpc) is 2.75. The van der Waals surface area contributed by atoms with Crippen molar-refractivity contribution in [1.82, 2.24) is 20.1 Å². The van der Waals surface area contributed by atoms with E-state index < -0.39 is 32.1 Å². The van der Waals surface area contributed by atoms with Crippen molar-refractivity contribution in [2.45, 2.75) is 36.5 Å². The summed E-state index contributed by atoms with van der Waals surface area (Å²) in [4.78, 5) is 23.7. The van der Waals surface area contributed by atoms with Gasteiger partial charge in [0.2, 0.25) is 0 Å². The number of aryl methyl sites for hydroxylation is 2. The first-order valence-corrected chi connectivity index (χ1v) is 13.4. The first kappa shape index (κ1) is 26.9. The van der Waals surface area contributed by atoms with E-state index in [1.165, 1.54) is 24.3 Å². The molecule has 0 atom stereocenters. The zero-order valence-electron chi connectivity index (χ0n) is 18.9. The Bertz CT molecular complexity index is 1160. The van der Waals surface area contributed by atoms with Crippen LogP contribution in [0.4, 0.5) is 9.59 Å². The number of nitrogens with one attached hydrogen (secondary N) is 4. The SMILES string of the molecule is Cc1cccc(S(=O)(=O)NC(=O)NCC/C=C/CCNC(=O)NS(=O)(=O)c2cccc(C)c2)c1. The van der Waals surface area contributed by atoms with Gasteiger partial charge in [0.15, 0.2) is 0 Å². The number of sulfonamides is 2. The van der Waals surface area contributed by atoms with Crippen LogP contribution in [-0.4, -0.2) is 42.0 Å². The fourth-order valence-corrected chi connectivity index (χ4v) is 4.84. The summed E-state index contributed by atoms with van der Waals surface area (Å²) in [7, 11) is -7.89. The maximum atomic E-state index is 12.2. The van der Waals surface area contributed by atoms with Crippen LogP contribution in [0.5, 0.6) is 0 Å². The Balaban J connectivity index is 1.64. The van der Waals surface area contributed by atoms with Crippen molar-refractivity contribution in [2.75, 3.05) is 13.1 Å². The van der Waals surface area contributed by atoms with Crippen LogP contribution >= 0.6 is 0 Å². The molecule has 0 spiro atoms. The largest absolute Gasteiger partial charge is 0.337 e. The normalized spacial score (nSPS) is 11.7. The highest BCUT2D eigenvalue weighted by molar-refractivity contribution is 7.90. The van der Waals surface area contributed by atoms with Crippen molar-refractivity contribution in [3.05, 3.63) is 71.8 Å². The third-order valence-electron chi connectivity index (χ3n) is 4.41. The molecule has 0 aliphatic carbocycles. The molecule has 4 N–H and O–H groups in total. The molecule has 0 saturated carbocycles. The number of hydrogen-bond acceptors (Lipinski definition) is 6. The molecule has 0 aliphatic heterocycles. The van der Waals surface area contributed by atoms with Gasteiger partial charge >= 0.3 is 12.1 Å². The van der Waals surface area contributed by atoms with Gasteiger partial charge in [0.25, 0.3) is 20.0 Å². The highest BCUT2D eigenvalue weighted by atomic mass is 32.2. The molecule has 0 bridgehead atoms. The fraction of sp³-hybridized carbons (Fsp3) is 0.273. The standard InChI is InChI=1S/C22H28N4O6S2/c1-17-9-7-11-19(15-17)33(29,30)25-21(27)23-13-5-3-4-6-14-24-22(28)26-34(31,32)20-12-8-10-18(2)16-20/h3-4,7-12,15-16H,5-6,13-14H2,1-2H3,(H2,23,25,27)(H2,24,26,28)/b4-3+. The monoisotopic (exact) mass is 508 g/mol. The van der Waals surface area contributed by atoms with Crippen molar-refractivity contribution in [2.24, 2.45) is 0 Å². The van der Waals surface area contributed by atoms with E-state index in [-0.39, 0.29) is 22.9 Å². The first-order valence-electron chi connectivity index (χ1n) is 10.4. The van der Waals surface area contributed by atoms with Gasteiger partial charge in [-0.2, -0.15) is 0 Å². The highest BCUT2D eigenvalue weighted by Crippen LogP contribution is 2.11. The van der Waals surface area contributed by atoms with Crippen LogP contribution in [0.15, 0.2) is 70.5 Å². The van der Waals surface area contributed by atoms with E-state index in [9.17, 15) is 26.4 Å². The predicted molar refractivity (Wildman–Crippen MR) is 128 cm³/mol. The van der Waals surface area contributed by atoms with Gasteiger partial charge in [0, 0.05) is 13.1 Å². The van der Waals surface area contributed by atoms with Crippen LogP contribution in [0, 0.1) is 13.8 Å². The smallest absolute Gasteiger partial charge is 0.328 e. The second-order valence-corrected chi connectivity index (χ2v) is 10.8. The van der Waals surface area contributed by atoms with Gasteiger partial charge < -0.3 is 10.6 Å². The van der Waals surface area contributed by atoms with Crippen molar-refractivity contribution >= 4 is 32.1 Å². The molecule has 2 rings (SSSR count). The van der Waals surface area contributed by atoms with Gasteiger partial charge in [-0.15, -0.1) is 0 Å². The summed E-state index contributed by atoms with van der Waals surface area (Å²) in [6.07, 6.45) is 4.37. The zero-order chi connectivity index (χ0) is 25.2. The lowest BCUT2D eigenvalue weighted by molar-refractivity contribution is 0.245. The molecule has 2 aromatic rings. The number of hydrogen-bond donors (Lipinski definition) is 4. The van der Waals surface area contributed by atoms with Crippen molar-refractivity contribution in [1.29, 1.82) is 0 Å². The topological polar surface area (TPSA) is 151 Å². The Morgan fingerprint density at radius 2 is 1.09 bits per heavy atom. The Labute approximate surface area is 199 Å². The van der Waals surface area contributed by atoms with E-state index in [1.54, 1.807) is 50.3 Å². The average molecular weight is 509 g/mol. The molecule has 0 fully saturated rings. The highest BCUT2D eigenvalue weighted by Gasteiger charge is 2.18. The van der Waals surface area contributed by atoms with Gasteiger partial charge in [-0.3, -0.25) is 0 Å². The van der Waals surface area contributed by atoms with E-state index in [1.807, 2.05) is 9.44 Å². The van der Waals surface area contributed by atoms with Gasteiger partial charge in [0.1, 0.15) is 0 Å². The van der Waals surface area contributed by atoms with Gasteiger partial charge in [-0.05, 0) is 62.1 Å². The fourth-order valence-electron chi connectivity index (χ4n) is 2.77. The van der Waals surface area contributed by atoms with Crippen LogP contribution in [0.1, 0.15) is 24.0 Å². The lowest BCUT2D eigenvalue weighted by atomic mass is 10.2. The van der Waals surface area contributed by atoms with Gasteiger partial charge in [-0.1, -0.05) is 36.4 Å². The van der Waals surface area contributed by atoms with Gasteiger partial charge in [0.05, 0.1) is 9.79 Å². The summed E-state index contributed by atoms with van der Waals surface area (Å²) in [5.74, 6) is 0. The van der Waals surface area contributed by atoms with E-state index in [0.717, 1.165) is 11.1 Å². The predicted octanol–water partition coefficient (Wildman–Crippen LogP) is 2.32. The third-order valence-corrected chi connectivity index (χ3v) is 7.07. The molecule has 0 heterocycles. The number of amides is 4. The molecule has 184 valence electrons. The summed E-state index contributed by atoms with van der Waals surface area (Å²) in [6.45, 7) is 3.91. The maximum Gasteiger partial charge on any atom is 0.328 e. The molecule has 34 heavy (non-hydrogen) atoms. The lowest BCUT2D eigenvalue weighted by Crippen LogP contribution is -2.39. The van der Waals surface area contributed by atoms with Crippen LogP contribution in [-0.2, 0) is 20.0 Å². The molecule has 2 aromatic carbocycles. The number of benzene rings is 2. The first-order chi connectivity index (χ1) is 16.0. The second-order valence-electron chi connectivity index (χ2n) is 7.40. The summed E-state index contributed by atoms with van der Waals surface area (Å²) in [6, 6.07) is 10.8. The number of carbonyl (C=O) groups excluding carboxylic acids is 2. The minimum absolute atomic E-state index is 0.00534. The summed E-state index contributed by atoms with van der Waals surface area (Å²) >= 11 is 0. The Morgan fingerprint density at radius 1 is 0.706 bits per heavy atom. The third kappa shape index (κ3) is 8.87. The number of carbonyl (C=O) groups is 2. The second kappa shape index (κ2) is 12.2. The minimum atomic E-state index is -3.95. The molecule has 10 nitrogen and oxygen atoms in total. The van der Waals surface area contributed by atoms with Crippen molar-refractivity contribution < 1.29 is 26.4 Å².